The fraction of sp³-hybridized carbons (Fsp3) is 0.500. The Bertz CT molecular complexity index is 768. The Morgan fingerprint density at radius 1 is 1.24 bits per heavy atom. The van der Waals surface area contributed by atoms with Gasteiger partial charge in [-0.15, -0.1) is 0 Å². The summed E-state index contributed by atoms with van der Waals surface area (Å²) in [5.74, 6) is 0.971. The zero-order valence-electron chi connectivity index (χ0n) is 12.2. The maximum absolute atomic E-state index is 11.6. The van der Waals surface area contributed by atoms with Crippen LogP contribution in [0.5, 0.6) is 0 Å². The quantitative estimate of drug-likeness (QED) is 0.840. The Hall–Kier alpha value is -1.60. The van der Waals surface area contributed by atoms with Crippen LogP contribution in [0.3, 0.4) is 0 Å². The molecule has 0 spiro atoms. The second kappa shape index (κ2) is 5.31. The third kappa shape index (κ3) is 2.89. The maximum atomic E-state index is 11.6. The van der Waals surface area contributed by atoms with Crippen molar-refractivity contribution in [2.75, 3.05) is 19.3 Å². The van der Waals surface area contributed by atoms with Gasteiger partial charge in [0.25, 0.3) is 0 Å². The standard InChI is InChI=1S/C14H18N4O2S/c1-10-16-13(12-4-3-7-15-14(12)17-10)11-5-8-18(9-6-11)21(2,19)20/h3-4,7,11H,5-6,8-9H2,1-2H3. The third-order valence-corrected chi connectivity index (χ3v) is 5.23. The fourth-order valence-corrected chi connectivity index (χ4v) is 3.74. The number of hydrogen-bond donors (Lipinski definition) is 0. The molecule has 7 heteroatoms. The van der Waals surface area contributed by atoms with Gasteiger partial charge in [0.1, 0.15) is 5.82 Å². The lowest BCUT2D eigenvalue weighted by atomic mass is 9.92. The van der Waals surface area contributed by atoms with Gasteiger partial charge in [0, 0.05) is 30.6 Å². The summed E-state index contributed by atoms with van der Waals surface area (Å²) in [6, 6.07) is 3.87. The SMILES string of the molecule is Cc1nc(C2CCN(S(C)(=O)=O)CC2)c2cccnc2n1. The van der Waals surface area contributed by atoms with Crippen LogP contribution in [-0.2, 0) is 10.0 Å². The Morgan fingerprint density at radius 3 is 2.62 bits per heavy atom. The van der Waals surface area contributed by atoms with Crippen molar-refractivity contribution in [3.05, 3.63) is 29.8 Å². The molecule has 0 radical (unpaired) electrons. The van der Waals surface area contributed by atoms with E-state index in [-0.39, 0.29) is 5.92 Å². The molecule has 2 aromatic heterocycles. The smallest absolute Gasteiger partial charge is 0.211 e. The number of piperidine rings is 1. The van der Waals surface area contributed by atoms with E-state index in [1.807, 2.05) is 19.1 Å². The van der Waals surface area contributed by atoms with Crippen LogP contribution in [0, 0.1) is 6.92 Å². The van der Waals surface area contributed by atoms with E-state index in [2.05, 4.69) is 15.0 Å². The second-order valence-electron chi connectivity index (χ2n) is 5.47. The van der Waals surface area contributed by atoms with E-state index in [9.17, 15) is 8.42 Å². The van der Waals surface area contributed by atoms with Gasteiger partial charge >= 0.3 is 0 Å². The summed E-state index contributed by atoms with van der Waals surface area (Å²) in [6.45, 7) is 2.96. The highest BCUT2D eigenvalue weighted by atomic mass is 32.2. The summed E-state index contributed by atoms with van der Waals surface area (Å²) in [7, 11) is -3.09. The van der Waals surface area contributed by atoms with Gasteiger partial charge in [-0.2, -0.15) is 0 Å². The minimum Gasteiger partial charge on any atom is -0.237 e. The van der Waals surface area contributed by atoms with E-state index in [1.54, 1.807) is 6.20 Å². The van der Waals surface area contributed by atoms with E-state index < -0.39 is 10.0 Å². The molecule has 0 aromatic carbocycles. The average molecular weight is 306 g/mol. The van der Waals surface area contributed by atoms with Crippen molar-refractivity contribution in [1.82, 2.24) is 19.3 Å². The third-order valence-electron chi connectivity index (χ3n) is 3.92. The number of nitrogens with zero attached hydrogens (tertiary/aromatic N) is 4. The van der Waals surface area contributed by atoms with E-state index in [0.29, 0.717) is 24.6 Å². The van der Waals surface area contributed by atoms with E-state index in [1.165, 1.54) is 10.6 Å². The molecule has 21 heavy (non-hydrogen) atoms. The first-order valence-corrected chi connectivity index (χ1v) is 8.84. The topological polar surface area (TPSA) is 76.1 Å². The molecule has 6 nitrogen and oxygen atoms in total. The summed E-state index contributed by atoms with van der Waals surface area (Å²) < 4.78 is 24.7. The molecule has 0 N–H and O–H groups in total. The lowest BCUT2D eigenvalue weighted by Gasteiger charge is -2.30. The molecule has 1 aliphatic rings. The molecule has 1 aliphatic heterocycles. The van der Waals surface area contributed by atoms with Gasteiger partial charge < -0.3 is 0 Å². The zero-order chi connectivity index (χ0) is 15.0. The highest BCUT2D eigenvalue weighted by Crippen LogP contribution is 2.31. The van der Waals surface area contributed by atoms with Crippen molar-refractivity contribution in [2.24, 2.45) is 0 Å². The Kier molecular flexibility index (Phi) is 3.62. The number of rotatable bonds is 2. The van der Waals surface area contributed by atoms with E-state index in [0.717, 1.165) is 23.9 Å². The first kappa shape index (κ1) is 14.3. The minimum absolute atomic E-state index is 0.261. The van der Waals surface area contributed by atoms with Crippen molar-refractivity contribution in [1.29, 1.82) is 0 Å². The number of pyridine rings is 1. The molecule has 2 aromatic rings. The molecule has 0 bridgehead atoms. The number of fused-ring (bicyclic) bond motifs is 1. The van der Waals surface area contributed by atoms with Gasteiger partial charge in [-0.1, -0.05) is 0 Å². The zero-order valence-corrected chi connectivity index (χ0v) is 13.0. The molecular formula is C14H18N4O2S. The molecule has 3 heterocycles. The minimum atomic E-state index is -3.09. The Labute approximate surface area is 124 Å². The van der Waals surface area contributed by atoms with Crippen molar-refractivity contribution in [2.45, 2.75) is 25.7 Å². The lowest BCUT2D eigenvalue weighted by molar-refractivity contribution is 0.319. The van der Waals surface area contributed by atoms with Gasteiger partial charge in [0.15, 0.2) is 5.65 Å². The van der Waals surface area contributed by atoms with Gasteiger partial charge in [-0.25, -0.2) is 27.7 Å². The van der Waals surface area contributed by atoms with Crippen molar-refractivity contribution in [3.8, 4) is 0 Å². The number of hydrogen-bond acceptors (Lipinski definition) is 5. The van der Waals surface area contributed by atoms with Crippen LogP contribution in [0.15, 0.2) is 18.3 Å². The van der Waals surface area contributed by atoms with Crippen LogP contribution >= 0.6 is 0 Å². The summed E-state index contributed by atoms with van der Waals surface area (Å²) >= 11 is 0. The summed E-state index contributed by atoms with van der Waals surface area (Å²) in [5.41, 5.74) is 1.71. The van der Waals surface area contributed by atoms with Crippen molar-refractivity contribution < 1.29 is 8.42 Å². The summed E-state index contributed by atoms with van der Waals surface area (Å²) in [5, 5.41) is 0.973. The van der Waals surface area contributed by atoms with Crippen molar-refractivity contribution in [3.63, 3.8) is 0 Å². The normalized spacial score (nSPS) is 18.2. The average Bonchev–Trinajstić information content (AvgIpc) is 2.45. The monoisotopic (exact) mass is 306 g/mol. The molecule has 1 saturated heterocycles. The predicted octanol–water partition coefficient (Wildman–Crippen LogP) is 1.47. The number of sulfonamides is 1. The van der Waals surface area contributed by atoms with Gasteiger partial charge in [-0.05, 0) is 31.9 Å². The molecule has 3 rings (SSSR count). The number of aryl methyl sites for hydroxylation is 1. The van der Waals surface area contributed by atoms with Crippen LogP contribution in [0.25, 0.3) is 11.0 Å². The molecule has 0 aliphatic carbocycles. The Balaban J connectivity index is 1.92. The first-order valence-electron chi connectivity index (χ1n) is 6.99. The number of aromatic nitrogens is 3. The molecule has 0 unspecified atom stereocenters. The molecule has 0 saturated carbocycles. The van der Waals surface area contributed by atoms with E-state index in [4.69, 9.17) is 0 Å². The highest BCUT2D eigenvalue weighted by molar-refractivity contribution is 7.88. The maximum Gasteiger partial charge on any atom is 0.211 e. The summed E-state index contributed by atoms with van der Waals surface area (Å²) in [4.78, 5) is 13.2. The van der Waals surface area contributed by atoms with Gasteiger partial charge in [0.05, 0.1) is 11.9 Å². The van der Waals surface area contributed by atoms with Crippen LogP contribution in [0.2, 0.25) is 0 Å². The van der Waals surface area contributed by atoms with Gasteiger partial charge in [-0.3, -0.25) is 0 Å². The largest absolute Gasteiger partial charge is 0.237 e. The molecule has 0 atom stereocenters. The molecular weight excluding hydrogens is 288 g/mol. The van der Waals surface area contributed by atoms with Crippen LogP contribution in [0.4, 0.5) is 0 Å². The van der Waals surface area contributed by atoms with Gasteiger partial charge in [0.2, 0.25) is 10.0 Å². The van der Waals surface area contributed by atoms with Crippen LogP contribution in [-0.4, -0.2) is 47.0 Å². The van der Waals surface area contributed by atoms with Crippen LogP contribution in [0.1, 0.15) is 30.3 Å². The molecule has 1 fully saturated rings. The predicted molar refractivity (Wildman–Crippen MR) is 80.5 cm³/mol. The fourth-order valence-electron chi connectivity index (χ4n) is 2.87. The highest BCUT2D eigenvalue weighted by Gasteiger charge is 2.27. The molecule has 0 amide bonds. The van der Waals surface area contributed by atoms with Crippen molar-refractivity contribution >= 4 is 21.1 Å². The first-order chi connectivity index (χ1) is 9.95. The summed E-state index contributed by atoms with van der Waals surface area (Å²) in [6.07, 6.45) is 4.56. The second-order valence-corrected chi connectivity index (χ2v) is 7.45. The lowest BCUT2D eigenvalue weighted by Crippen LogP contribution is -2.37. The molecule has 112 valence electrons. The van der Waals surface area contributed by atoms with Crippen LogP contribution < -0.4 is 0 Å². The van der Waals surface area contributed by atoms with E-state index >= 15 is 0 Å². The Morgan fingerprint density at radius 2 is 1.95 bits per heavy atom.